The zero-order valence-electron chi connectivity index (χ0n) is 14.5. The maximum absolute atomic E-state index is 5.34. The number of hydrogen-bond donors (Lipinski definition) is 2. The SMILES string of the molecule is CN=C(NCCCc1ccc(OC)c(OC)c1)NC1CCCC1. The van der Waals surface area contributed by atoms with Crippen LogP contribution in [0.5, 0.6) is 11.5 Å². The standard InChI is InChI=1S/C18H29N3O2/c1-19-18(21-15-8-4-5-9-15)20-12-6-7-14-10-11-16(22-2)17(13-14)23-3/h10-11,13,15H,4-9,12H2,1-3H3,(H2,19,20,21). The summed E-state index contributed by atoms with van der Waals surface area (Å²) in [5.41, 5.74) is 1.25. The van der Waals surface area contributed by atoms with Crippen molar-refractivity contribution in [3.63, 3.8) is 0 Å². The minimum absolute atomic E-state index is 0.590. The molecule has 0 atom stereocenters. The summed E-state index contributed by atoms with van der Waals surface area (Å²) in [4.78, 5) is 4.30. The van der Waals surface area contributed by atoms with Crippen LogP contribution >= 0.6 is 0 Å². The van der Waals surface area contributed by atoms with Crippen LogP contribution in [0, 0.1) is 0 Å². The third kappa shape index (κ3) is 5.34. The molecule has 5 heteroatoms. The Bertz CT molecular complexity index is 511. The molecule has 1 saturated carbocycles. The molecule has 0 saturated heterocycles. The van der Waals surface area contributed by atoms with Crippen LogP contribution in [-0.2, 0) is 6.42 Å². The van der Waals surface area contributed by atoms with Crippen LogP contribution in [0.2, 0.25) is 0 Å². The summed E-state index contributed by atoms with van der Waals surface area (Å²) in [7, 11) is 5.16. The smallest absolute Gasteiger partial charge is 0.191 e. The van der Waals surface area contributed by atoms with Crippen molar-refractivity contribution in [1.29, 1.82) is 0 Å². The highest BCUT2D eigenvalue weighted by Gasteiger charge is 2.15. The van der Waals surface area contributed by atoms with Crippen LogP contribution in [0.25, 0.3) is 0 Å². The highest BCUT2D eigenvalue weighted by molar-refractivity contribution is 5.79. The number of methoxy groups -OCH3 is 2. The third-order valence-corrected chi connectivity index (χ3v) is 4.30. The van der Waals surface area contributed by atoms with Crippen LogP contribution in [-0.4, -0.2) is 39.8 Å². The number of ether oxygens (including phenoxy) is 2. The Morgan fingerprint density at radius 1 is 1.17 bits per heavy atom. The lowest BCUT2D eigenvalue weighted by atomic mass is 10.1. The fourth-order valence-corrected chi connectivity index (χ4v) is 2.99. The van der Waals surface area contributed by atoms with Gasteiger partial charge >= 0.3 is 0 Å². The maximum atomic E-state index is 5.34. The molecule has 0 bridgehead atoms. The van der Waals surface area contributed by atoms with E-state index in [1.54, 1.807) is 14.2 Å². The average Bonchev–Trinajstić information content (AvgIpc) is 3.10. The molecule has 1 aliphatic carbocycles. The largest absolute Gasteiger partial charge is 0.493 e. The molecule has 1 fully saturated rings. The number of benzene rings is 1. The first-order chi connectivity index (χ1) is 11.3. The topological polar surface area (TPSA) is 54.9 Å². The molecule has 1 aromatic carbocycles. The van der Waals surface area contributed by atoms with Crippen molar-refractivity contribution in [3.05, 3.63) is 23.8 Å². The summed E-state index contributed by atoms with van der Waals surface area (Å²) in [5.74, 6) is 2.48. The summed E-state index contributed by atoms with van der Waals surface area (Å²) < 4.78 is 10.6. The molecule has 0 unspecified atom stereocenters. The van der Waals surface area contributed by atoms with Crippen molar-refractivity contribution in [2.45, 2.75) is 44.6 Å². The van der Waals surface area contributed by atoms with Gasteiger partial charge in [-0.2, -0.15) is 0 Å². The predicted molar refractivity (Wildman–Crippen MR) is 94.6 cm³/mol. The second kappa shape index (κ2) is 9.28. The van der Waals surface area contributed by atoms with Gasteiger partial charge in [0.1, 0.15) is 0 Å². The summed E-state index contributed by atoms with van der Waals surface area (Å²) in [6.45, 7) is 0.904. The number of nitrogens with zero attached hydrogens (tertiary/aromatic N) is 1. The van der Waals surface area contributed by atoms with Crippen molar-refractivity contribution in [2.75, 3.05) is 27.8 Å². The van der Waals surface area contributed by atoms with Crippen LogP contribution < -0.4 is 20.1 Å². The Hall–Kier alpha value is -1.91. The summed E-state index contributed by atoms with van der Waals surface area (Å²) in [6, 6.07) is 6.69. The van der Waals surface area contributed by atoms with E-state index in [4.69, 9.17) is 9.47 Å². The van der Waals surface area contributed by atoms with Gasteiger partial charge in [0.25, 0.3) is 0 Å². The van der Waals surface area contributed by atoms with Crippen molar-refractivity contribution in [1.82, 2.24) is 10.6 Å². The zero-order valence-corrected chi connectivity index (χ0v) is 14.5. The first kappa shape index (κ1) is 17.4. The molecular formula is C18H29N3O2. The van der Waals surface area contributed by atoms with E-state index in [0.717, 1.165) is 36.8 Å². The lowest BCUT2D eigenvalue weighted by Gasteiger charge is -2.16. The lowest BCUT2D eigenvalue weighted by molar-refractivity contribution is 0.354. The Morgan fingerprint density at radius 2 is 1.91 bits per heavy atom. The number of nitrogens with one attached hydrogen (secondary N) is 2. The lowest BCUT2D eigenvalue weighted by Crippen LogP contribution is -2.42. The minimum atomic E-state index is 0.590. The molecule has 2 N–H and O–H groups in total. The predicted octanol–water partition coefficient (Wildman–Crippen LogP) is 2.74. The highest BCUT2D eigenvalue weighted by Crippen LogP contribution is 2.27. The normalized spacial score (nSPS) is 15.5. The monoisotopic (exact) mass is 319 g/mol. The summed E-state index contributed by atoms with van der Waals surface area (Å²) >= 11 is 0. The van der Waals surface area contributed by atoms with Gasteiger partial charge in [-0.3, -0.25) is 4.99 Å². The van der Waals surface area contributed by atoms with E-state index in [0.29, 0.717) is 6.04 Å². The fraction of sp³-hybridized carbons (Fsp3) is 0.611. The molecule has 2 rings (SSSR count). The van der Waals surface area contributed by atoms with E-state index in [1.165, 1.54) is 31.2 Å². The molecule has 1 aliphatic rings. The third-order valence-electron chi connectivity index (χ3n) is 4.30. The van der Waals surface area contributed by atoms with Crippen LogP contribution in [0.15, 0.2) is 23.2 Å². The van der Waals surface area contributed by atoms with Gasteiger partial charge in [-0.05, 0) is 43.4 Å². The van der Waals surface area contributed by atoms with Crippen LogP contribution in [0.1, 0.15) is 37.7 Å². The van der Waals surface area contributed by atoms with Crippen molar-refractivity contribution < 1.29 is 9.47 Å². The quantitative estimate of drug-likeness (QED) is 0.461. The highest BCUT2D eigenvalue weighted by atomic mass is 16.5. The summed E-state index contributed by atoms with van der Waals surface area (Å²) in [6.07, 6.45) is 7.20. The molecule has 0 aliphatic heterocycles. The Kier molecular flexibility index (Phi) is 7.04. The fourth-order valence-electron chi connectivity index (χ4n) is 2.99. The average molecular weight is 319 g/mol. The second-order valence-corrected chi connectivity index (χ2v) is 5.92. The Balaban J connectivity index is 1.73. The number of aliphatic imine (C=N–C) groups is 1. The van der Waals surface area contributed by atoms with Gasteiger partial charge in [0.05, 0.1) is 14.2 Å². The van der Waals surface area contributed by atoms with E-state index in [1.807, 2.05) is 19.2 Å². The first-order valence-electron chi connectivity index (χ1n) is 8.45. The number of hydrogen-bond acceptors (Lipinski definition) is 3. The van der Waals surface area contributed by atoms with Crippen molar-refractivity contribution in [2.24, 2.45) is 4.99 Å². The zero-order chi connectivity index (χ0) is 16.5. The van der Waals surface area contributed by atoms with Gasteiger partial charge < -0.3 is 20.1 Å². The molecule has 128 valence electrons. The minimum Gasteiger partial charge on any atom is -0.493 e. The molecule has 1 aromatic rings. The Morgan fingerprint density at radius 3 is 2.57 bits per heavy atom. The van der Waals surface area contributed by atoms with E-state index in [-0.39, 0.29) is 0 Å². The molecule has 0 radical (unpaired) electrons. The van der Waals surface area contributed by atoms with E-state index >= 15 is 0 Å². The first-order valence-corrected chi connectivity index (χ1v) is 8.45. The number of rotatable bonds is 7. The van der Waals surface area contributed by atoms with Gasteiger partial charge in [0, 0.05) is 19.6 Å². The summed E-state index contributed by atoms with van der Waals surface area (Å²) in [5, 5.41) is 6.90. The van der Waals surface area contributed by atoms with Gasteiger partial charge in [-0.1, -0.05) is 18.9 Å². The maximum Gasteiger partial charge on any atom is 0.191 e. The Labute approximate surface area is 139 Å². The van der Waals surface area contributed by atoms with Gasteiger partial charge in [-0.15, -0.1) is 0 Å². The van der Waals surface area contributed by atoms with Gasteiger partial charge in [0.15, 0.2) is 17.5 Å². The van der Waals surface area contributed by atoms with Gasteiger partial charge in [0.2, 0.25) is 0 Å². The van der Waals surface area contributed by atoms with E-state index < -0.39 is 0 Å². The molecule has 0 aromatic heterocycles. The number of guanidine groups is 1. The van der Waals surface area contributed by atoms with Crippen LogP contribution in [0.4, 0.5) is 0 Å². The molecule has 0 amide bonds. The molecule has 5 nitrogen and oxygen atoms in total. The van der Waals surface area contributed by atoms with Crippen molar-refractivity contribution >= 4 is 5.96 Å². The number of aryl methyl sites for hydroxylation is 1. The van der Waals surface area contributed by atoms with E-state index in [9.17, 15) is 0 Å². The molecule has 0 heterocycles. The molecule has 23 heavy (non-hydrogen) atoms. The van der Waals surface area contributed by atoms with Crippen LogP contribution in [0.3, 0.4) is 0 Å². The van der Waals surface area contributed by atoms with Gasteiger partial charge in [-0.25, -0.2) is 0 Å². The second-order valence-electron chi connectivity index (χ2n) is 5.92. The van der Waals surface area contributed by atoms with E-state index in [2.05, 4.69) is 21.7 Å². The molecular weight excluding hydrogens is 290 g/mol. The molecule has 0 spiro atoms. The van der Waals surface area contributed by atoms with Crippen molar-refractivity contribution in [3.8, 4) is 11.5 Å².